The van der Waals surface area contributed by atoms with E-state index in [-0.39, 0.29) is 6.04 Å². The van der Waals surface area contributed by atoms with E-state index >= 15 is 0 Å². The van der Waals surface area contributed by atoms with Gasteiger partial charge in [-0.15, -0.1) is 0 Å². The van der Waals surface area contributed by atoms with Gasteiger partial charge in [-0.2, -0.15) is 0 Å². The molecule has 0 spiro atoms. The Labute approximate surface area is 116 Å². The predicted octanol–water partition coefficient (Wildman–Crippen LogP) is 3.75. The first kappa shape index (κ1) is 15.0. The van der Waals surface area contributed by atoms with Crippen LogP contribution < -0.4 is 10.6 Å². The zero-order chi connectivity index (χ0) is 13.5. The van der Waals surface area contributed by atoms with Crippen molar-refractivity contribution in [3.63, 3.8) is 0 Å². The highest BCUT2D eigenvalue weighted by atomic mass is 32.1. The molecule has 0 bridgehead atoms. The van der Waals surface area contributed by atoms with Crippen LogP contribution in [0.1, 0.15) is 57.2 Å². The first-order valence-electron chi connectivity index (χ1n) is 6.72. The van der Waals surface area contributed by atoms with Crippen molar-refractivity contribution in [1.29, 1.82) is 0 Å². The highest BCUT2D eigenvalue weighted by Crippen LogP contribution is 2.20. The second-order valence-corrected chi connectivity index (χ2v) is 5.19. The van der Waals surface area contributed by atoms with Gasteiger partial charge in [0.1, 0.15) is 0 Å². The molecule has 0 saturated carbocycles. The van der Waals surface area contributed by atoms with Crippen LogP contribution in [0.25, 0.3) is 0 Å². The molecule has 1 rings (SSSR count). The van der Waals surface area contributed by atoms with Gasteiger partial charge in [0.25, 0.3) is 0 Å². The summed E-state index contributed by atoms with van der Waals surface area (Å²) in [6.07, 6.45) is 1.02. The molecule has 0 aliphatic heterocycles. The Balaban J connectivity index is 2.73. The van der Waals surface area contributed by atoms with Crippen molar-refractivity contribution in [2.24, 2.45) is 0 Å². The van der Waals surface area contributed by atoms with E-state index in [0.29, 0.717) is 5.92 Å². The summed E-state index contributed by atoms with van der Waals surface area (Å²) in [5, 5.41) is 7.22. The molecule has 1 aromatic carbocycles. The van der Waals surface area contributed by atoms with Crippen molar-refractivity contribution in [2.75, 3.05) is 6.54 Å². The Morgan fingerprint density at radius 1 is 1.11 bits per heavy atom. The first-order chi connectivity index (χ1) is 8.58. The average molecular weight is 264 g/mol. The largest absolute Gasteiger partial charge is 0.363 e. The smallest absolute Gasteiger partial charge is 0.166 e. The summed E-state index contributed by atoms with van der Waals surface area (Å²) in [4.78, 5) is 0. The Morgan fingerprint density at radius 2 is 1.67 bits per heavy atom. The summed E-state index contributed by atoms with van der Waals surface area (Å²) in [5.74, 6) is 0.579. The second kappa shape index (κ2) is 7.37. The standard InChI is InChI=1S/C15H24N2S/c1-5-14(17-15(18)16-6-2)13-9-7-12(8-10-13)11(3)4/h7-11,14H,5-6H2,1-4H3,(H2,16,17,18). The molecule has 1 aromatic rings. The molecule has 0 saturated heterocycles. The molecule has 0 amide bonds. The molecule has 18 heavy (non-hydrogen) atoms. The third-order valence-corrected chi connectivity index (χ3v) is 3.32. The lowest BCUT2D eigenvalue weighted by Crippen LogP contribution is -2.37. The van der Waals surface area contributed by atoms with E-state index in [9.17, 15) is 0 Å². The quantitative estimate of drug-likeness (QED) is 0.792. The van der Waals surface area contributed by atoms with Gasteiger partial charge in [-0.25, -0.2) is 0 Å². The van der Waals surface area contributed by atoms with Crippen LogP contribution >= 0.6 is 12.2 Å². The van der Waals surface area contributed by atoms with Crippen LogP contribution in [0.2, 0.25) is 0 Å². The fraction of sp³-hybridized carbons (Fsp3) is 0.533. The Hall–Kier alpha value is -1.09. The topological polar surface area (TPSA) is 24.1 Å². The van der Waals surface area contributed by atoms with E-state index in [1.54, 1.807) is 0 Å². The van der Waals surface area contributed by atoms with Gasteiger partial charge in [0.15, 0.2) is 5.11 Å². The zero-order valence-electron chi connectivity index (χ0n) is 11.8. The minimum Gasteiger partial charge on any atom is -0.363 e. The molecule has 100 valence electrons. The van der Waals surface area contributed by atoms with Crippen LogP contribution in [0.3, 0.4) is 0 Å². The molecule has 0 radical (unpaired) electrons. The van der Waals surface area contributed by atoms with Gasteiger partial charge in [0.2, 0.25) is 0 Å². The third-order valence-electron chi connectivity index (χ3n) is 3.06. The van der Waals surface area contributed by atoms with Gasteiger partial charge in [-0.3, -0.25) is 0 Å². The van der Waals surface area contributed by atoms with Gasteiger partial charge >= 0.3 is 0 Å². The number of thiocarbonyl (C=S) groups is 1. The van der Waals surface area contributed by atoms with Gasteiger partial charge in [0, 0.05) is 6.54 Å². The molecule has 2 nitrogen and oxygen atoms in total. The maximum atomic E-state index is 5.24. The Kier molecular flexibility index (Phi) is 6.13. The van der Waals surface area contributed by atoms with E-state index < -0.39 is 0 Å². The van der Waals surface area contributed by atoms with Crippen molar-refractivity contribution in [2.45, 2.75) is 46.1 Å². The molecular weight excluding hydrogens is 240 g/mol. The summed E-state index contributed by atoms with van der Waals surface area (Å²) in [7, 11) is 0. The molecule has 2 N–H and O–H groups in total. The monoisotopic (exact) mass is 264 g/mol. The van der Waals surface area contributed by atoms with Crippen molar-refractivity contribution >= 4 is 17.3 Å². The molecule has 0 aliphatic carbocycles. The lowest BCUT2D eigenvalue weighted by Gasteiger charge is -2.20. The molecule has 0 heterocycles. The highest BCUT2D eigenvalue weighted by Gasteiger charge is 2.10. The Morgan fingerprint density at radius 3 is 2.11 bits per heavy atom. The molecule has 1 atom stereocenters. The minimum absolute atomic E-state index is 0.290. The van der Waals surface area contributed by atoms with E-state index in [1.807, 2.05) is 6.92 Å². The van der Waals surface area contributed by atoms with Crippen LogP contribution in [0.5, 0.6) is 0 Å². The fourth-order valence-electron chi connectivity index (χ4n) is 1.90. The van der Waals surface area contributed by atoms with Crippen molar-refractivity contribution < 1.29 is 0 Å². The summed E-state index contributed by atoms with van der Waals surface area (Å²) >= 11 is 5.24. The second-order valence-electron chi connectivity index (χ2n) is 4.79. The van der Waals surface area contributed by atoms with Crippen LogP contribution in [0.15, 0.2) is 24.3 Å². The van der Waals surface area contributed by atoms with Crippen LogP contribution in [-0.2, 0) is 0 Å². The molecule has 0 aromatic heterocycles. The first-order valence-corrected chi connectivity index (χ1v) is 7.13. The predicted molar refractivity (Wildman–Crippen MR) is 83.0 cm³/mol. The van der Waals surface area contributed by atoms with Gasteiger partial charge in [0.05, 0.1) is 6.04 Å². The van der Waals surface area contributed by atoms with E-state index in [2.05, 4.69) is 55.7 Å². The van der Waals surface area contributed by atoms with Crippen LogP contribution in [0, 0.1) is 0 Å². The van der Waals surface area contributed by atoms with Crippen LogP contribution in [0.4, 0.5) is 0 Å². The summed E-state index contributed by atoms with van der Waals surface area (Å²) < 4.78 is 0. The van der Waals surface area contributed by atoms with Crippen molar-refractivity contribution in [3.05, 3.63) is 35.4 Å². The van der Waals surface area contributed by atoms with Gasteiger partial charge in [-0.1, -0.05) is 45.0 Å². The van der Waals surface area contributed by atoms with E-state index in [0.717, 1.165) is 18.1 Å². The SMILES string of the molecule is CCNC(=S)NC(CC)c1ccc(C(C)C)cc1. The average Bonchev–Trinajstić information content (AvgIpc) is 2.36. The van der Waals surface area contributed by atoms with Crippen molar-refractivity contribution in [3.8, 4) is 0 Å². The summed E-state index contributed by atoms with van der Waals surface area (Å²) in [5.41, 5.74) is 2.67. The lowest BCUT2D eigenvalue weighted by molar-refractivity contribution is 0.617. The van der Waals surface area contributed by atoms with Gasteiger partial charge < -0.3 is 10.6 Å². The summed E-state index contributed by atoms with van der Waals surface area (Å²) in [6.45, 7) is 9.50. The number of rotatable bonds is 5. The zero-order valence-corrected chi connectivity index (χ0v) is 12.6. The Bertz CT molecular complexity index is 371. The normalized spacial score (nSPS) is 12.3. The maximum Gasteiger partial charge on any atom is 0.166 e. The van der Waals surface area contributed by atoms with Crippen LogP contribution in [-0.4, -0.2) is 11.7 Å². The third kappa shape index (κ3) is 4.30. The fourth-order valence-corrected chi connectivity index (χ4v) is 2.19. The molecule has 3 heteroatoms. The maximum absolute atomic E-state index is 5.24. The van der Waals surface area contributed by atoms with E-state index in [4.69, 9.17) is 12.2 Å². The lowest BCUT2D eigenvalue weighted by atomic mass is 9.98. The van der Waals surface area contributed by atoms with Gasteiger partial charge in [-0.05, 0) is 42.6 Å². The van der Waals surface area contributed by atoms with E-state index in [1.165, 1.54) is 11.1 Å². The summed E-state index contributed by atoms with van der Waals surface area (Å²) in [6, 6.07) is 9.11. The molecule has 0 aliphatic rings. The number of benzene rings is 1. The molecular formula is C15H24N2S. The highest BCUT2D eigenvalue weighted by molar-refractivity contribution is 7.80. The van der Waals surface area contributed by atoms with Crippen molar-refractivity contribution in [1.82, 2.24) is 10.6 Å². The number of nitrogens with one attached hydrogen (secondary N) is 2. The molecule has 0 fully saturated rings. The number of hydrogen-bond donors (Lipinski definition) is 2. The minimum atomic E-state index is 0.290. The number of hydrogen-bond acceptors (Lipinski definition) is 1. The molecule has 1 unspecified atom stereocenters.